The summed E-state index contributed by atoms with van der Waals surface area (Å²) in [5.74, 6) is 5.32. The first-order valence-corrected chi connectivity index (χ1v) is 2.82. The van der Waals surface area contributed by atoms with E-state index in [4.69, 9.17) is 5.11 Å². The summed E-state index contributed by atoms with van der Waals surface area (Å²) in [6, 6.07) is 0. The molecular formula is C8H10O. The molecule has 0 atom stereocenters. The molecule has 0 radical (unpaired) electrons. The molecule has 0 saturated carbocycles. The summed E-state index contributed by atoms with van der Waals surface area (Å²) < 4.78 is 0. The Bertz CT molecular complexity index is 153. The highest BCUT2D eigenvalue weighted by atomic mass is 16.2. The molecule has 1 heteroatoms. The minimum Gasteiger partial charge on any atom is -0.384 e. The molecule has 0 bridgehead atoms. The van der Waals surface area contributed by atoms with Crippen LogP contribution in [0.1, 0.15) is 12.8 Å². The highest BCUT2D eigenvalue weighted by Crippen LogP contribution is 1.85. The summed E-state index contributed by atoms with van der Waals surface area (Å²) in [7, 11) is 0. The largest absolute Gasteiger partial charge is 0.384 e. The maximum Gasteiger partial charge on any atom is 0.104 e. The second kappa shape index (κ2) is 7.04. The first-order chi connectivity index (χ1) is 4.41. The van der Waals surface area contributed by atoms with Crippen LogP contribution >= 0.6 is 0 Å². The first-order valence-electron chi connectivity index (χ1n) is 2.82. The third-order valence-corrected chi connectivity index (χ3v) is 0.762. The molecule has 0 aliphatic heterocycles. The number of hydrogen-bond acceptors (Lipinski definition) is 1. The van der Waals surface area contributed by atoms with Crippen molar-refractivity contribution in [1.82, 2.24) is 0 Å². The van der Waals surface area contributed by atoms with Gasteiger partial charge in [0.15, 0.2) is 0 Å². The van der Waals surface area contributed by atoms with E-state index in [1.807, 2.05) is 6.08 Å². The van der Waals surface area contributed by atoms with Crippen molar-refractivity contribution in [2.75, 3.05) is 6.61 Å². The zero-order chi connectivity index (χ0) is 6.95. The van der Waals surface area contributed by atoms with Crippen molar-refractivity contribution in [2.24, 2.45) is 0 Å². The Labute approximate surface area is 55.7 Å². The molecule has 0 fully saturated rings. The standard InChI is InChI=1S/C8H10O/c1-2-3-4-5-6-7-8-9/h3,9H,1,4-5,8H2. The van der Waals surface area contributed by atoms with Crippen LogP contribution in [0.25, 0.3) is 0 Å². The number of hydrogen-bond donors (Lipinski definition) is 1. The van der Waals surface area contributed by atoms with Crippen molar-refractivity contribution in [3.63, 3.8) is 0 Å². The van der Waals surface area contributed by atoms with Crippen molar-refractivity contribution in [2.45, 2.75) is 12.8 Å². The van der Waals surface area contributed by atoms with Gasteiger partial charge in [0.05, 0.1) is 0 Å². The smallest absolute Gasteiger partial charge is 0.104 e. The highest BCUT2D eigenvalue weighted by molar-refractivity contribution is 4.99. The normalized spacial score (nSPS) is 6.78. The maximum atomic E-state index is 8.21. The molecule has 0 saturated heterocycles. The molecule has 48 valence electrons. The van der Waals surface area contributed by atoms with Crippen LogP contribution < -0.4 is 0 Å². The van der Waals surface area contributed by atoms with E-state index >= 15 is 0 Å². The average molecular weight is 122 g/mol. The number of rotatable bonds is 2. The highest BCUT2D eigenvalue weighted by Gasteiger charge is 1.71. The van der Waals surface area contributed by atoms with Crippen LogP contribution in [0.3, 0.4) is 0 Å². The van der Waals surface area contributed by atoms with Gasteiger partial charge in [-0.1, -0.05) is 12.5 Å². The van der Waals surface area contributed by atoms with Crippen molar-refractivity contribution < 1.29 is 5.11 Å². The van der Waals surface area contributed by atoms with Gasteiger partial charge in [0.25, 0.3) is 0 Å². The third kappa shape index (κ3) is 7.04. The van der Waals surface area contributed by atoms with Crippen LogP contribution in [0.4, 0.5) is 0 Å². The molecule has 0 amide bonds. The quantitative estimate of drug-likeness (QED) is 0.330. The van der Waals surface area contributed by atoms with E-state index in [0.717, 1.165) is 12.8 Å². The SMILES string of the molecule is C=C=CCCC#CCO. The van der Waals surface area contributed by atoms with Crippen LogP contribution in [0, 0.1) is 11.8 Å². The summed E-state index contributed by atoms with van der Waals surface area (Å²) in [5.41, 5.74) is 2.64. The Morgan fingerprint density at radius 1 is 1.44 bits per heavy atom. The Kier molecular flexibility index (Phi) is 6.29. The Morgan fingerprint density at radius 2 is 2.22 bits per heavy atom. The molecule has 0 rings (SSSR count). The van der Waals surface area contributed by atoms with Crippen LogP contribution in [-0.2, 0) is 0 Å². The Morgan fingerprint density at radius 3 is 2.78 bits per heavy atom. The van der Waals surface area contributed by atoms with E-state index < -0.39 is 0 Å². The Hall–Kier alpha value is -0.960. The van der Waals surface area contributed by atoms with Gasteiger partial charge in [-0.15, -0.1) is 11.7 Å². The molecule has 0 aliphatic carbocycles. The van der Waals surface area contributed by atoms with Gasteiger partial charge in [-0.3, -0.25) is 0 Å². The van der Waals surface area contributed by atoms with Crippen molar-refractivity contribution in [3.8, 4) is 11.8 Å². The van der Waals surface area contributed by atoms with Crippen molar-refractivity contribution in [1.29, 1.82) is 0 Å². The van der Waals surface area contributed by atoms with E-state index in [-0.39, 0.29) is 6.61 Å². The van der Waals surface area contributed by atoms with Crippen molar-refractivity contribution >= 4 is 0 Å². The summed E-state index contributed by atoms with van der Waals surface area (Å²) in [6.45, 7) is 3.36. The van der Waals surface area contributed by atoms with Gasteiger partial charge in [-0.2, -0.15) is 0 Å². The fourth-order valence-corrected chi connectivity index (χ4v) is 0.391. The second-order valence-electron chi connectivity index (χ2n) is 1.46. The van der Waals surface area contributed by atoms with E-state index in [1.54, 1.807) is 0 Å². The monoisotopic (exact) mass is 122 g/mol. The number of aliphatic hydroxyl groups excluding tert-OH is 1. The molecule has 1 N–H and O–H groups in total. The molecule has 1 nitrogen and oxygen atoms in total. The number of allylic oxidation sites excluding steroid dienone is 1. The summed E-state index contributed by atoms with van der Waals surface area (Å²) in [4.78, 5) is 0. The zero-order valence-corrected chi connectivity index (χ0v) is 5.35. The van der Waals surface area contributed by atoms with Gasteiger partial charge in [-0.05, 0) is 12.5 Å². The molecule has 0 unspecified atom stereocenters. The predicted molar refractivity (Wildman–Crippen MR) is 37.8 cm³/mol. The molecule has 0 heterocycles. The third-order valence-electron chi connectivity index (χ3n) is 0.762. The van der Waals surface area contributed by atoms with Gasteiger partial charge in [0.2, 0.25) is 0 Å². The van der Waals surface area contributed by atoms with Gasteiger partial charge >= 0.3 is 0 Å². The fourth-order valence-electron chi connectivity index (χ4n) is 0.391. The summed E-state index contributed by atoms with van der Waals surface area (Å²) in [5, 5.41) is 8.21. The average Bonchev–Trinajstić information content (AvgIpc) is 1.89. The fraction of sp³-hybridized carbons (Fsp3) is 0.375. The molecular weight excluding hydrogens is 112 g/mol. The van der Waals surface area contributed by atoms with Gasteiger partial charge in [-0.25, -0.2) is 0 Å². The molecule has 0 aliphatic rings. The van der Waals surface area contributed by atoms with E-state index in [2.05, 4.69) is 24.2 Å². The van der Waals surface area contributed by atoms with Crippen molar-refractivity contribution in [3.05, 3.63) is 18.4 Å². The lowest BCUT2D eigenvalue weighted by Gasteiger charge is -1.77. The molecule has 9 heavy (non-hydrogen) atoms. The number of aliphatic hydroxyl groups is 1. The van der Waals surface area contributed by atoms with E-state index in [1.165, 1.54) is 0 Å². The lowest BCUT2D eigenvalue weighted by Crippen LogP contribution is -1.71. The molecule has 0 aromatic carbocycles. The van der Waals surface area contributed by atoms with Gasteiger partial charge in [0.1, 0.15) is 6.61 Å². The lowest BCUT2D eigenvalue weighted by molar-refractivity contribution is 0.350. The molecule has 0 aromatic heterocycles. The van der Waals surface area contributed by atoms with Crippen LogP contribution in [0.5, 0.6) is 0 Å². The van der Waals surface area contributed by atoms with Gasteiger partial charge < -0.3 is 5.11 Å². The first kappa shape index (κ1) is 8.04. The number of unbranched alkanes of at least 4 members (excludes halogenated alkanes) is 1. The minimum atomic E-state index is -0.0438. The van der Waals surface area contributed by atoms with Crippen LogP contribution in [0.15, 0.2) is 18.4 Å². The van der Waals surface area contributed by atoms with Gasteiger partial charge in [0, 0.05) is 6.42 Å². The van der Waals surface area contributed by atoms with E-state index in [0.29, 0.717) is 0 Å². The summed E-state index contributed by atoms with van der Waals surface area (Å²) in [6.07, 6.45) is 3.48. The predicted octanol–water partition coefficient (Wildman–Crippen LogP) is 1.10. The second-order valence-corrected chi connectivity index (χ2v) is 1.46. The topological polar surface area (TPSA) is 20.2 Å². The Balaban J connectivity index is 3.18. The zero-order valence-electron chi connectivity index (χ0n) is 5.35. The van der Waals surface area contributed by atoms with Crippen LogP contribution in [-0.4, -0.2) is 11.7 Å². The molecule has 0 spiro atoms. The maximum absolute atomic E-state index is 8.21. The summed E-state index contributed by atoms with van der Waals surface area (Å²) >= 11 is 0. The minimum absolute atomic E-state index is 0.0438. The van der Waals surface area contributed by atoms with Crippen LogP contribution in [0.2, 0.25) is 0 Å². The molecule has 0 aromatic rings. The lowest BCUT2D eigenvalue weighted by atomic mass is 10.3. The van der Waals surface area contributed by atoms with E-state index in [9.17, 15) is 0 Å².